The molecule has 5 heteroatoms. The lowest BCUT2D eigenvalue weighted by atomic mass is 9.81. The Labute approximate surface area is 147 Å². The van der Waals surface area contributed by atoms with Gasteiger partial charge in [0, 0.05) is 13.1 Å². The normalized spacial score (nSPS) is 31.4. The molecule has 132 valence electrons. The highest BCUT2D eigenvalue weighted by molar-refractivity contribution is 5.87. The van der Waals surface area contributed by atoms with Gasteiger partial charge < -0.3 is 14.7 Å². The summed E-state index contributed by atoms with van der Waals surface area (Å²) in [6.45, 7) is 1.42. The van der Waals surface area contributed by atoms with E-state index in [-0.39, 0.29) is 12.0 Å². The molecular weight excluding hydrogens is 318 g/mol. The molecule has 1 aromatic carbocycles. The molecule has 2 saturated heterocycles. The number of hydrogen-bond acceptors (Lipinski definition) is 3. The Morgan fingerprint density at radius 2 is 1.68 bits per heavy atom. The van der Waals surface area contributed by atoms with Crippen molar-refractivity contribution in [2.24, 2.45) is 17.8 Å². The first-order valence-corrected chi connectivity index (χ1v) is 9.03. The Bertz CT molecular complexity index is 678. The lowest BCUT2D eigenvalue weighted by molar-refractivity contribution is -0.150. The third-order valence-corrected chi connectivity index (χ3v) is 5.76. The van der Waals surface area contributed by atoms with Gasteiger partial charge in [0.1, 0.15) is 5.92 Å². The molecule has 25 heavy (non-hydrogen) atoms. The Kier molecular flexibility index (Phi) is 4.34. The van der Waals surface area contributed by atoms with Gasteiger partial charge in [-0.2, -0.15) is 0 Å². The van der Waals surface area contributed by atoms with E-state index >= 15 is 0 Å². The van der Waals surface area contributed by atoms with Crippen LogP contribution in [0.3, 0.4) is 0 Å². The van der Waals surface area contributed by atoms with E-state index < -0.39 is 23.9 Å². The zero-order valence-corrected chi connectivity index (χ0v) is 14.1. The summed E-state index contributed by atoms with van der Waals surface area (Å²) in [5.41, 5.74) is 1.34. The molecule has 3 aliphatic rings. The van der Waals surface area contributed by atoms with E-state index in [1.165, 1.54) is 5.56 Å². The number of ether oxygens (including phenoxy) is 1. The number of fused-ring (bicyclic) bond motifs is 2. The minimum Gasteiger partial charge on any atom is -0.481 e. The van der Waals surface area contributed by atoms with E-state index in [0.29, 0.717) is 19.0 Å². The van der Waals surface area contributed by atoms with Crippen LogP contribution in [0.25, 0.3) is 0 Å². The monoisotopic (exact) mass is 341 g/mol. The summed E-state index contributed by atoms with van der Waals surface area (Å²) in [5.74, 6) is -1.72. The van der Waals surface area contributed by atoms with Crippen molar-refractivity contribution in [3.63, 3.8) is 0 Å². The zero-order valence-electron chi connectivity index (χ0n) is 14.1. The van der Waals surface area contributed by atoms with E-state index in [4.69, 9.17) is 4.74 Å². The van der Waals surface area contributed by atoms with Crippen molar-refractivity contribution in [2.45, 2.75) is 31.5 Å². The predicted octanol–water partition coefficient (Wildman–Crippen LogP) is 2.12. The van der Waals surface area contributed by atoms with Crippen molar-refractivity contribution < 1.29 is 19.4 Å². The Hall–Kier alpha value is -2.14. The third kappa shape index (κ3) is 3.09. The molecule has 0 saturated carbocycles. The summed E-state index contributed by atoms with van der Waals surface area (Å²) in [6.07, 6.45) is 5.77. The second kappa shape index (κ2) is 6.64. The van der Waals surface area contributed by atoms with Gasteiger partial charge in [-0.1, -0.05) is 42.5 Å². The van der Waals surface area contributed by atoms with E-state index in [0.717, 1.165) is 19.3 Å². The van der Waals surface area contributed by atoms with Gasteiger partial charge in [0.05, 0.1) is 18.1 Å². The van der Waals surface area contributed by atoms with E-state index in [9.17, 15) is 14.7 Å². The van der Waals surface area contributed by atoms with Gasteiger partial charge in [0.2, 0.25) is 5.91 Å². The molecular formula is C20H23NO4. The highest BCUT2D eigenvalue weighted by atomic mass is 16.5. The number of carboxylic acids is 1. The van der Waals surface area contributed by atoms with Crippen LogP contribution in [0.4, 0.5) is 0 Å². The first-order chi connectivity index (χ1) is 12.1. The van der Waals surface area contributed by atoms with Gasteiger partial charge >= 0.3 is 5.97 Å². The molecule has 4 rings (SSSR count). The molecule has 0 unspecified atom stereocenters. The summed E-state index contributed by atoms with van der Waals surface area (Å²) >= 11 is 0. The number of carbonyl (C=O) groups excluding carboxylic acids is 1. The maximum Gasteiger partial charge on any atom is 0.310 e. The van der Waals surface area contributed by atoms with Crippen molar-refractivity contribution in [3.8, 4) is 0 Å². The molecule has 4 atom stereocenters. The third-order valence-electron chi connectivity index (χ3n) is 5.76. The number of hydrogen-bond donors (Lipinski definition) is 1. The van der Waals surface area contributed by atoms with Crippen LogP contribution in [0, 0.1) is 17.8 Å². The predicted molar refractivity (Wildman–Crippen MR) is 91.9 cm³/mol. The van der Waals surface area contributed by atoms with Crippen LogP contribution in [-0.4, -0.2) is 47.2 Å². The highest BCUT2D eigenvalue weighted by Gasteiger charge is 2.54. The number of piperidine rings is 1. The zero-order chi connectivity index (χ0) is 17.4. The second-order valence-corrected chi connectivity index (χ2v) is 7.30. The molecule has 1 N–H and O–H groups in total. The molecule has 0 radical (unpaired) electrons. The van der Waals surface area contributed by atoms with E-state index in [1.54, 1.807) is 6.08 Å². The standard InChI is InChI=1S/C20H23NO4/c22-19(17-15-6-7-16(25-15)18(17)20(23)24)21-10-8-14(9-11-21)12-13-4-2-1-3-5-13/h1-7,14-18H,8-12H2,(H,23,24)/t15-,16-,17-,18-/m0/s1. The SMILES string of the molecule is O=C(O)[C@@H]1[C@@H](C(=O)N2CCC(Cc3ccccc3)CC2)[C@@H]2C=C[C@@H]1O2. The summed E-state index contributed by atoms with van der Waals surface area (Å²) in [5, 5.41) is 9.47. The summed E-state index contributed by atoms with van der Waals surface area (Å²) in [4.78, 5) is 26.3. The molecule has 2 fully saturated rings. The van der Waals surface area contributed by atoms with E-state index in [1.807, 2.05) is 17.0 Å². The molecule has 3 aliphatic heterocycles. The largest absolute Gasteiger partial charge is 0.481 e. The molecule has 0 spiro atoms. The number of benzene rings is 1. The average molecular weight is 341 g/mol. The van der Waals surface area contributed by atoms with Crippen LogP contribution in [0.5, 0.6) is 0 Å². The topological polar surface area (TPSA) is 66.8 Å². The van der Waals surface area contributed by atoms with Gasteiger partial charge in [0.15, 0.2) is 0 Å². The number of nitrogens with zero attached hydrogens (tertiary/aromatic N) is 1. The van der Waals surface area contributed by atoms with Crippen LogP contribution >= 0.6 is 0 Å². The Balaban J connectivity index is 1.37. The fraction of sp³-hybridized carbons (Fsp3) is 0.500. The Morgan fingerprint density at radius 3 is 2.32 bits per heavy atom. The van der Waals surface area contributed by atoms with Crippen LogP contribution in [0.15, 0.2) is 42.5 Å². The molecule has 1 amide bonds. The van der Waals surface area contributed by atoms with Crippen LogP contribution in [0.2, 0.25) is 0 Å². The van der Waals surface area contributed by atoms with Gasteiger partial charge in [-0.3, -0.25) is 9.59 Å². The number of carbonyl (C=O) groups is 2. The maximum atomic E-state index is 12.9. The smallest absolute Gasteiger partial charge is 0.310 e. The Morgan fingerprint density at radius 1 is 1.04 bits per heavy atom. The average Bonchev–Trinajstić information content (AvgIpc) is 3.24. The first kappa shape index (κ1) is 16.3. The van der Waals surface area contributed by atoms with Crippen molar-refractivity contribution >= 4 is 11.9 Å². The number of amides is 1. The van der Waals surface area contributed by atoms with Crippen LogP contribution in [-0.2, 0) is 20.7 Å². The lowest BCUT2D eigenvalue weighted by Gasteiger charge is -2.35. The molecule has 2 bridgehead atoms. The van der Waals surface area contributed by atoms with Crippen molar-refractivity contribution in [1.82, 2.24) is 4.90 Å². The van der Waals surface area contributed by atoms with Crippen molar-refractivity contribution in [3.05, 3.63) is 48.0 Å². The second-order valence-electron chi connectivity index (χ2n) is 7.30. The van der Waals surface area contributed by atoms with Crippen LogP contribution < -0.4 is 0 Å². The molecule has 5 nitrogen and oxygen atoms in total. The van der Waals surface area contributed by atoms with Gasteiger partial charge in [0.25, 0.3) is 0 Å². The molecule has 1 aromatic rings. The lowest BCUT2D eigenvalue weighted by Crippen LogP contribution is -2.47. The number of rotatable bonds is 4. The summed E-state index contributed by atoms with van der Waals surface area (Å²) in [6, 6.07) is 10.4. The number of aliphatic carboxylic acids is 1. The minimum atomic E-state index is -0.936. The van der Waals surface area contributed by atoms with Crippen molar-refractivity contribution in [1.29, 1.82) is 0 Å². The van der Waals surface area contributed by atoms with Crippen LogP contribution in [0.1, 0.15) is 18.4 Å². The van der Waals surface area contributed by atoms with Gasteiger partial charge in [-0.15, -0.1) is 0 Å². The number of carboxylic acid groups (broad SMARTS) is 1. The first-order valence-electron chi connectivity index (χ1n) is 9.03. The fourth-order valence-corrected chi connectivity index (χ4v) is 4.41. The molecule has 0 aliphatic carbocycles. The summed E-state index contributed by atoms with van der Waals surface area (Å²) < 4.78 is 5.63. The molecule has 0 aromatic heterocycles. The highest BCUT2D eigenvalue weighted by Crippen LogP contribution is 2.40. The van der Waals surface area contributed by atoms with Crippen molar-refractivity contribution in [2.75, 3.05) is 13.1 Å². The minimum absolute atomic E-state index is 0.0533. The fourth-order valence-electron chi connectivity index (χ4n) is 4.41. The van der Waals surface area contributed by atoms with Gasteiger partial charge in [-0.25, -0.2) is 0 Å². The maximum absolute atomic E-state index is 12.9. The van der Waals surface area contributed by atoms with E-state index in [2.05, 4.69) is 24.3 Å². The van der Waals surface area contributed by atoms with Gasteiger partial charge in [-0.05, 0) is 30.7 Å². The number of likely N-dealkylation sites (tertiary alicyclic amines) is 1. The summed E-state index contributed by atoms with van der Waals surface area (Å²) in [7, 11) is 0. The quantitative estimate of drug-likeness (QED) is 0.852. The molecule has 3 heterocycles.